The van der Waals surface area contributed by atoms with Crippen LogP contribution >= 0.6 is 11.8 Å². The minimum absolute atomic E-state index is 0.160. The van der Waals surface area contributed by atoms with Crippen molar-refractivity contribution in [3.05, 3.63) is 45.2 Å². The third kappa shape index (κ3) is 7.38. The van der Waals surface area contributed by atoms with Gasteiger partial charge < -0.3 is 24.4 Å². The molecule has 0 aliphatic carbocycles. The lowest BCUT2D eigenvalue weighted by Crippen LogP contribution is -2.42. The van der Waals surface area contributed by atoms with Crippen LogP contribution in [0.25, 0.3) is 22.1 Å². The molecule has 1 saturated heterocycles. The number of anilines is 1. The average Bonchev–Trinajstić information content (AvgIpc) is 3.03. The number of likely N-dealkylation sites (tertiary alicyclic amines) is 1. The van der Waals surface area contributed by atoms with E-state index >= 15 is 0 Å². The van der Waals surface area contributed by atoms with Gasteiger partial charge in [0.1, 0.15) is 11.3 Å². The van der Waals surface area contributed by atoms with Crippen LogP contribution in [0.2, 0.25) is 0 Å². The third-order valence-corrected chi connectivity index (χ3v) is 7.51. The summed E-state index contributed by atoms with van der Waals surface area (Å²) < 4.78 is 18.7. The van der Waals surface area contributed by atoms with Crippen molar-refractivity contribution in [2.45, 2.75) is 44.8 Å². The van der Waals surface area contributed by atoms with Gasteiger partial charge in [-0.05, 0) is 52.0 Å². The Bertz CT molecular complexity index is 1740. The predicted molar refractivity (Wildman–Crippen MR) is 169 cm³/mol. The Kier molecular flexibility index (Phi) is 11.0. The van der Waals surface area contributed by atoms with Crippen molar-refractivity contribution in [1.29, 1.82) is 0 Å². The number of hydrogen-bond donors (Lipinski definition) is 1. The first-order valence-corrected chi connectivity index (χ1v) is 15.6. The Morgan fingerprint density at radius 2 is 1.43 bits per heavy atom. The number of piperidine rings is 1. The van der Waals surface area contributed by atoms with Crippen molar-refractivity contribution < 1.29 is 19.0 Å². The van der Waals surface area contributed by atoms with Crippen molar-refractivity contribution >= 4 is 45.9 Å². The van der Waals surface area contributed by atoms with E-state index in [2.05, 4.69) is 25.3 Å². The van der Waals surface area contributed by atoms with Gasteiger partial charge in [-0.25, -0.2) is 19.7 Å². The maximum atomic E-state index is 12.3. The second-order valence-corrected chi connectivity index (χ2v) is 10.6. The summed E-state index contributed by atoms with van der Waals surface area (Å²) in [7, 11) is 3.35. The molecule has 1 fully saturated rings. The number of aromatic nitrogens is 6. The zero-order valence-corrected chi connectivity index (χ0v) is 26.6. The molecule has 0 unspecified atom stereocenters. The SMILES string of the molecule is CCOC(=O)N1CCC(Nc2ncc3cc(OCC)c(=O)n(C)c3n2)CC1.CCOc1cc2cnc(SC)nc2n(C)c1=O. The summed E-state index contributed by atoms with van der Waals surface area (Å²) in [5, 5.41) is 5.49. The molecule has 5 rings (SSSR count). The van der Waals surface area contributed by atoms with Crippen molar-refractivity contribution in [1.82, 2.24) is 34.0 Å². The van der Waals surface area contributed by atoms with Crippen LogP contribution < -0.4 is 25.9 Å². The van der Waals surface area contributed by atoms with E-state index in [0.29, 0.717) is 66.8 Å². The van der Waals surface area contributed by atoms with Gasteiger partial charge in [0, 0.05) is 56.4 Å². The predicted octanol–water partition coefficient (Wildman–Crippen LogP) is 3.21. The number of rotatable bonds is 8. The molecular formula is C29H38N8O6S. The summed E-state index contributed by atoms with van der Waals surface area (Å²) in [6.07, 6.45) is 6.58. The van der Waals surface area contributed by atoms with Crippen LogP contribution in [-0.2, 0) is 18.8 Å². The van der Waals surface area contributed by atoms with Gasteiger partial charge in [0.2, 0.25) is 5.95 Å². The smallest absolute Gasteiger partial charge is 0.409 e. The van der Waals surface area contributed by atoms with Crippen molar-refractivity contribution in [3.8, 4) is 11.5 Å². The summed E-state index contributed by atoms with van der Waals surface area (Å²) >= 11 is 1.44. The monoisotopic (exact) mass is 626 g/mol. The van der Waals surface area contributed by atoms with Gasteiger partial charge in [-0.3, -0.25) is 18.7 Å². The lowest BCUT2D eigenvalue weighted by molar-refractivity contribution is 0.0983. The normalized spacial score (nSPS) is 13.4. The number of fused-ring (bicyclic) bond motifs is 2. The number of pyridine rings is 2. The number of amides is 1. The zero-order valence-electron chi connectivity index (χ0n) is 25.8. The quantitative estimate of drug-likeness (QED) is 0.225. The van der Waals surface area contributed by atoms with Gasteiger partial charge in [0.15, 0.2) is 16.7 Å². The highest BCUT2D eigenvalue weighted by molar-refractivity contribution is 7.98. The molecular weight excluding hydrogens is 588 g/mol. The van der Waals surface area contributed by atoms with Gasteiger partial charge in [-0.15, -0.1) is 0 Å². The van der Waals surface area contributed by atoms with Crippen LogP contribution in [0.1, 0.15) is 33.6 Å². The molecule has 14 nitrogen and oxygen atoms in total. The van der Waals surface area contributed by atoms with Crippen LogP contribution in [0.5, 0.6) is 11.5 Å². The second-order valence-electron chi connectivity index (χ2n) is 9.82. The molecule has 5 heterocycles. The van der Waals surface area contributed by atoms with E-state index in [1.807, 2.05) is 20.1 Å². The molecule has 236 valence electrons. The topological polar surface area (TPSA) is 156 Å². The lowest BCUT2D eigenvalue weighted by atomic mass is 10.1. The van der Waals surface area contributed by atoms with E-state index in [0.717, 1.165) is 23.6 Å². The zero-order chi connectivity index (χ0) is 31.8. The molecule has 1 aliphatic rings. The Balaban J connectivity index is 0.000000223. The molecule has 4 aromatic rings. The van der Waals surface area contributed by atoms with E-state index in [1.54, 1.807) is 50.4 Å². The Labute approximate surface area is 258 Å². The fourth-order valence-corrected chi connectivity index (χ4v) is 5.04. The summed E-state index contributed by atoms with van der Waals surface area (Å²) in [5.41, 5.74) is 0.768. The van der Waals surface area contributed by atoms with Crippen LogP contribution in [-0.4, -0.2) is 85.3 Å². The molecule has 0 radical (unpaired) electrons. The molecule has 0 bridgehead atoms. The molecule has 0 saturated carbocycles. The fourth-order valence-electron chi connectivity index (χ4n) is 4.71. The van der Waals surface area contributed by atoms with E-state index in [4.69, 9.17) is 14.2 Å². The molecule has 1 amide bonds. The number of nitrogens with one attached hydrogen (secondary N) is 1. The molecule has 1 aliphatic heterocycles. The Morgan fingerprint density at radius 1 is 0.886 bits per heavy atom. The summed E-state index contributed by atoms with van der Waals surface area (Å²) in [4.78, 5) is 55.1. The van der Waals surface area contributed by atoms with E-state index in [9.17, 15) is 14.4 Å². The van der Waals surface area contributed by atoms with Crippen molar-refractivity contribution in [2.75, 3.05) is 44.5 Å². The molecule has 0 spiro atoms. The number of carbonyl (C=O) groups is 1. The van der Waals surface area contributed by atoms with Crippen LogP contribution in [0.4, 0.5) is 10.7 Å². The van der Waals surface area contributed by atoms with Crippen LogP contribution in [0.3, 0.4) is 0 Å². The molecule has 0 atom stereocenters. The molecule has 0 aromatic carbocycles. The highest BCUT2D eigenvalue weighted by Crippen LogP contribution is 2.19. The summed E-state index contributed by atoms with van der Waals surface area (Å²) in [6.45, 7) is 7.99. The largest absolute Gasteiger partial charge is 0.488 e. The van der Waals surface area contributed by atoms with E-state index in [1.165, 1.54) is 20.9 Å². The minimum Gasteiger partial charge on any atom is -0.488 e. The standard InChI is InChI=1S/C18H25N5O4.C11H13N3O2S/c1-4-26-14-10-12-11-19-17(21-15(12)22(3)16(14)24)20-13-6-8-23(9-7-13)18(25)27-5-2;1-4-16-8-5-7-6-12-11(17-3)13-9(7)14(2)10(8)15/h10-11,13H,4-9H2,1-3H3,(H,19,20,21);5-6H,4H2,1-3H3. The van der Waals surface area contributed by atoms with Gasteiger partial charge in [0.05, 0.1) is 19.8 Å². The number of carbonyl (C=O) groups excluding carboxylic acids is 1. The number of thioether (sulfide) groups is 1. The maximum Gasteiger partial charge on any atom is 0.409 e. The van der Waals surface area contributed by atoms with E-state index < -0.39 is 0 Å². The Hall–Kier alpha value is -4.40. The third-order valence-electron chi connectivity index (χ3n) is 6.95. The maximum absolute atomic E-state index is 12.3. The second kappa shape index (κ2) is 14.9. The summed E-state index contributed by atoms with van der Waals surface area (Å²) in [6, 6.07) is 3.52. The van der Waals surface area contributed by atoms with Crippen LogP contribution in [0.15, 0.2) is 39.3 Å². The highest BCUT2D eigenvalue weighted by atomic mass is 32.2. The number of ether oxygens (including phenoxy) is 3. The molecule has 4 aromatic heterocycles. The summed E-state index contributed by atoms with van der Waals surface area (Å²) in [5.74, 6) is 1.10. The van der Waals surface area contributed by atoms with E-state index in [-0.39, 0.29) is 23.3 Å². The first-order valence-electron chi connectivity index (χ1n) is 14.4. The minimum atomic E-state index is -0.266. The first kappa shape index (κ1) is 32.5. The average molecular weight is 627 g/mol. The van der Waals surface area contributed by atoms with Gasteiger partial charge in [-0.2, -0.15) is 4.98 Å². The molecule has 1 N–H and O–H groups in total. The van der Waals surface area contributed by atoms with Gasteiger partial charge >= 0.3 is 6.09 Å². The highest BCUT2D eigenvalue weighted by Gasteiger charge is 2.24. The first-order chi connectivity index (χ1) is 21.2. The number of aryl methyl sites for hydroxylation is 2. The number of hydrogen-bond acceptors (Lipinski definition) is 12. The van der Waals surface area contributed by atoms with Crippen molar-refractivity contribution in [2.24, 2.45) is 14.1 Å². The van der Waals surface area contributed by atoms with Crippen LogP contribution in [0, 0.1) is 0 Å². The molecule has 15 heteroatoms. The number of nitrogens with zero attached hydrogens (tertiary/aromatic N) is 7. The van der Waals surface area contributed by atoms with Crippen molar-refractivity contribution in [3.63, 3.8) is 0 Å². The Morgan fingerprint density at radius 3 is 1.95 bits per heavy atom. The van der Waals surface area contributed by atoms with Gasteiger partial charge in [-0.1, -0.05) is 11.8 Å². The fraction of sp³-hybridized carbons (Fsp3) is 0.483. The van der Waals surface area contributed by atoms with Gasteiger partial charge in [0.25, 0.3) is 11.1 Å². The lowest BCUT2D eigenvalue weighted by Gasteiger charge is -2.31. The molecule has 44 heavy (non-hydrogen) atoms.